The third-order valence-corrected chi connectivity index (χ3v) is 3.89. The van der Waals surface area contributed by atoms with Crippen LogP contribution in [0.1, 0.15) is 29.4 Å². The number of piperidine rings is 1. The summed E-state index contributed by atoms with van der Waals surface area (Å²) in [6.45, 7) is 5.95. The van der Waals surface area contributed by atoms with Gasteiger partial charge in [-0.25, -0.2) is 4.68 Å². The Morgan fingerprint density at radius 1 is 1.44 bits per heavy atom. The molecule has 1 aromatic carbocycles. The van der Waals surface area contributed by atoms with Gasteiger partial charge in [0.2, 0.25) is 0 Å². The number of carbonyl (C=O) groups is 1. The Hall–Kier alpha value is -2.38. The number of ether oxygens (including phenoxy) is 1. The highest BCUT2D eigenvalue weighted by Crippen LogP contribution is 2.19. The lowest BCUT2D eigenvalue weighted by atomic mass is 10.1. The van der Waals surface area contributed by atoms with Gasteiger partial charge in [-0.3, -0.25) is 4.79 Å². The largest absolute Gasteiger partial charge is 0.489 e. The molecule has 1 aliphatic rings. The van der Waals surface area contributed by atoms with Gasteiger partial charge in [-0.1, -0.05) is 23.9 Å². The number of halogens is 1. The van der Waals surface area contributed by atoms with Crippen LogP contribution in [0.25, 0.3) is 0 Å². The van der Waals surface area contributed by atoms with Gasteiger partial charge in [0.1, 0.15) is 12.4 Å². The fraction of sp³-hybridized carbons (Fsp3) is 0.353. The zero-order valence-electron chi connectivity index (χ0n) is 13.9. The topological polar surface area (TPSA) is 81.1 Å². The van der Waals surface area contributed by atoms with E-state index in [1.807, 2.05) is 12.1 Å². The SMILES string of the molecule is C=CCOc1cccc(NC(=O)c2cn(C3CCNCC3)nn2)c1.Cl. The third kappa shape index (κ3) is 5.04. The first-order valence-corrected chi connectivity index (χ1v) is 8.04. The summed E-state index contributed by atoms with van der Waals surface area (Å²) >= 11 is 0. The van der Waals surface area contributed by atoms with E-state index in [1.165, 1.54) is 0 Å². The number of rotatable bonds is 6. The molecule has 1 saturated heterocycles. The quantitative estimate of drug-likeness (QED) is 0.770. The number of anilines is 1. The second-order valence-electron chi connectivity index (χ2n) is 5.65. The van der Waals surface area contributed by atoms with E-state index in [-0.39, 0.29) is 18.3 Å². The number of aromatic nitrogens is 3. The van der Waals surface area contributed by atoms with Crippen molar-refractivity contribution < 1.29 is 9.53 Å². The fourth-order valence-corrected chi connectivity index (χ4v) is 2.64. The highest BCUT2D eigenvalue weighted by Gasteiger charge is 2.18. The number of amides is 1. The minimum atomic E-state index is -0.281. The van der Waals surface area contributed by atoms with Crippen molar-refractivity contribution in [3.8, 4) is 5.75 Å². The van der Waals surface area contributed by atoms with Crippen LogP contribution in [0.4, 0.5) is 5.69 Å². The fourth-order valence-electron chi connectivity index (χ4n) is 2.64. The average Bonchev–Trinajstić information content (AvgIpc) is 3.11. The molecule has 0 radical (unpaired) electrons. The first-order valence-electron chi connectivity index (χ1n) is 8.04. The molecular weight excluding hydrogens is 342 g/mol. The van der Waals surface area contributed by atoms with Crippen molar-refractivity contribution >= 4 is 24.0 Å². The first kappa shape index (κ1) is 19.0. The molecule has 0 saturated carbocycles. The Labute approximate surface area is 152 Å². The maximum Gasteiger partial charge on any atom is 0.277 e. The summed E-state index contributed by atoms with van der Waals surface area (Å²) in [5.74, 6) is 0.391. The van der Waals surface area contributed by atoms with Crippen LogP contribution in [-0.4, -0.2) is 40.6 Å². The number of nitrogens with one attached hydrogen (secondary N) is 2. The molecule has 2 heterocycles. The molecule has 7 nitrogen and oxygen atoms in total. The average molecular weight is 364 g/mol. The smallest absolute Gasteiger partial charge is 0.277 e. The zero-order valence-corrected chi connectivity index (χ0v) is 14.7. The number of hydrogen-bond donors (Lipinski definition) is 2. The van der Waals surface area contributed by atoms with Gasteiger partial charge in [0.25, 0.3) is 5.91 Å². The molecule has 0 unspecified atom stereocenters. The highest BCUT2D eigenvalue weighted by molar-refractivity contribution is 6.02. The van der Waals surface area contributed by atoms with E-state index in [2.05, 4.69) is 27.5 Å². The highest BCUT2D eigenvalue weighted by atomic mass is 35.5. The van der Waals surface area contributed by atoms with Crippen LogP contribution >= 0.6 is 12.4 Å². The van der Waals surface area contributed by atoms with E-state index in [0.717, 1.165) is 25.9 Å². The minimum Gasteiger partial charge on any atom is -0.489 e. The Morgan fingerprint density at radius 2 is 2.24 bits per heavy atom. The predicted octanol–water partition coefficient (Wildman–Crippen LogP) is 2.44. The van der Waals surface area contributed by atoms with Gasteiger partial charge in [-0.2, -0.15) is 0 Å². The molecule has 1 amide bonds. The summed E-state index contributed by atoms with van der Waals surface area (Å²) in [5.41, 5.74) is 0.962. The standard InChI is InChI=1S/C17H21N5O2.ClH/c1-2-10-24-15-5-3-4-13(11-15)19-17(23)16-12-22(21-20-16)14-6-8-18-9-7-14;/h2-5,11-12,14,18H,1,6-10H2,(H,19,23);1H. The Kier molecular flexibility index (Phi) is 6.97. The summed E-state index contributed by atoms with van der Waals surface area (Å²) in [5, 5.41) is 14.2. The van der Waals surface area contributed by atoms with E-state index < -0.39 is 0 Å². The number of nitrogens with zero attached hydrogens (tertiary/aromatic N) is 3. The van der Waals surface area contributed by atoms with Crippen LogP contribution in [0.2, 0.25) is 0 Å². The number of carbonyl (C=O) groups excluding carboxylic acids is 1. The molecule has 2 N–H and O–H groups in total. The van der Waals surface area contributed by atoms with Crippen molar-refractivity contribution in [2.45, 2.75) is 18.9 Å². The summed E-state index contributed by atoms with van der Waals surface area (Å²) in [6, 6.07) is 7.51. The van der Waals surface area contributed by atoms with Crippen LogP contribution in [0.5, 0.6) is 5.75 Å². The van der Waals surface area contributed by atoms with E-state index in [9.17, 15) is 4.79 Å². The maximum atomic E-state index is 12.3. The van der Waals surface area contributed by atoms with Crippen molar-refractivity contribution in [3.05, 3.63) is 48.8 Å². The van der Waals surface area contributed by atoms with E-state index in [4.69, 9.17) is 4.74 Å². The van der Waals surface area contributed by atoms with Gasteiger partial charge >= 0.3 is 0 Å². The second-order valence-corrected chi connectivity index (χ2v) is 5.65. The molecule has 0 bridgehead atoms. The lowest BCUT2D eigenvalue weighted by molar-refractivity contribution is 0.102. The Balaban J connectivity index is 0.00000225. The first-order chi connectivity index (χ1) is 11.8. The maximum absolute atomic E-state index is 12.3. The molecule has 2 aromatic rings. The van der Waals surface area contributed by atoms with Crippen molar-refractivity contribution in [1.29, 1.82) is 0 Å². The lowest BCUT2D eigenvalue weighted by Crippen LogP contribution is -2.29. The molecular formula is C17H22ClN5O2. The molecule has 0 aliphatic carbocycles. The number of hydrogen-bond acceptors (Lipinski definition) is 5. The Morgan fingerprint density at radius 3 is 3.00 bits per heavy atom. The Bertz CT molecular complexity index is 713. The monoisotopic (exact) mass is 363 g/mol. The molecule has 3 rings (SSSR count). The summed E-state index contributed by atoms with van der Waals surface area (Å²) in [7, 11) is 0. The predicted molar refractivity (Wildman–Crippen MR) is 98.5 cm³/mol. The molecule has 8 heteroatoms. The van der Waals surface area contributed by atoms with E-state index >= 15 is 0 Å². The van der Waals surface area contributed by atoms with Crippen molar-refractivity contribution in [3.63, 3.8) is 0 Å². The van der Waals surface area contributed by atoms with Gasteiger partial charge in [0.05, 0.1) is 12.2 Å². The summed E-state index contributed by atoms with van der Waals surface area (Å²) in [6.07, 6.45) is 5.37. The van der Waals surface area contributed by atoms with Crippen molar-refractivity contribution in [1.82, 2.24) is 20.3 Å². The molecule has 134 valence electrons. The third-order valence-electron chi connectivity index (χ3n) is 3.89. The molecule has 1 fully saturated rings. The van der Waals surface area contributed by atoms with Crippen LogP contribution < -0.4 is 15.4 Å². The van der Waals surface area contributed by atoms with Gasteiger partial charge < -0.3 is 15.4 Å². The van der Waals surface area contributed by atoms with Gasteiger partial charge in [0.15, 0.2) is 5.69 Å². The van der Waals surface area contributed by atoms with Gasteiger partial charge in [-0.15, -0.1) is 17.5 Å². The molecule has 0 spiro atoms. The van der Waals surface area contributed by atoms with E-state index in [1.54, 1.807) is 29.1 Å². The van der Waals surface area contributed by atoms with Crippen LogP contribution in [0.15, 0.2) is 43.1 Å². The molecule has 1 aliphatic heterocycles. The lowest BCUT2D eigenvalue weighted by Gasteiger charge is -2.22. The van der Waals surface area contributed by atoms with Gasteiger partial charge in [-0.05, 0) is 38.1 Å². The second kappa shape index (κ2) is 9.19. The summed E-state index contributed by atoms with van der Waals surface area (Å²) in [4.78, 5) is 12.3. The normalized spacial score (nSPS) is 14.4. The molecule has 25 heavy (non-hydrogen) atoms. The molecule has 0 atom stereocenters. The van der Waals surface area contributed by atoms with E-state index in [0.29, 0.717) is 29.8 Å². The molecule has 1 aromatic heterocycles. The summed E-state index contributed by atoms with van der Waals surface area (Å²) < 4.78 is 7.25. The number of benzene rings is 1. The van der Waals surface area contributed by atoms with Crippen LogP contribution in [0.3, 0.4) is 0 Å². The zero-order chi connectivity index (χ0) is 16.8. The van der Waals surface area contributed by atoms with Crippen LogP contribution in [-0.2, 0) is 0 Å². The van der Waals surface area contributed by atoms with Crippen molar-refractivity contribution in [2.75, 3.05) is 25.0 Å². The minimum absolute atomic E-state index is 0. The van der Waals surface area contributed by atoms with Crippen LogP contribution in [0, 0.1) is 0 Å². The van der Waals surface area contributed by atoms with Gasteiger partial charge in [0, 0.05) is 11.8 Å². The van der Waals surface area contributed by atoms with Crippen molar-refractivity contribution in [2.24, 2.45) is 0 Å².